The molecule has 0 N–H and O–H groups in total. The number of benzene rings is 9. The number of furan rings is 1. The first kappa shape index (κ1) is 40.3. The highest BCUT2D eigenvalue weighted by Gasteiger charge is 2.41. The van der Waals surface area contributed by atoms with Gasteiger partial charge in [0.15, 0.2) is 25.3 Å². The minimum atomic E-state index is -2.89. The molecule has 14 aromatic rings. The van der Waals surface area contributed by atoms with Gasteiger partial charge in [-0.05, 0) is 68.3 Å². The lowest BCUT2D eigenvalue weighted by molar-refractivity contribution is 0.667. The average molecular weight is 930 g/mol. The molecule has 328 valence electrons. The summed E-state index contributed by atoms with van der Waals surface area (Å²) < 4.78 is 11.2. The molecule has 0 amide bonds. The van der Waals surface area contributed by atoms with Crippen molar-refractivity contribution in [3.63, 3.8) is 0 Å². The second kappa shape index (κ2) is 16.2. The average Bonchev–Trinajstić information content (AvgIpc) is 4.12. The summed E-state index contributed by atoms with van der Waals surface area (Å²) in [5.41, 5.74) is 7.60. The third-order valence-electron chi connectivity index (χ3n) is 13.9. The van der Waals surface area contributed by atoms with Gasteiger partial charge in [-0.2, -0.15) is 9.97 Å². The summed E-state index contributed by atoms with van der Waals surface area (Å²) >= 11 is 1.85. The van der Waals surface area contributed by atoms with Gasteiger partial charge in [0.1, 0.15) is 5.58 Å². The Morgan fingerprint density at radius 2 is 1.04 bits per heavy atom. The number of aromatic nitrogens is 5. The van der Waals surface area contributed by atoms with Crippen molar-refractivity contribution in [2.45, 2.75) is 0 Å². The molecule has 8 heteroatoms. The summed E-state index contributed by atoms with van der Waals surface area (Å²) in [6.07, 6.45) is 3.57. The van der Waals surface area contributed by atoms with E-state index in [1.165, 1.54) is 46.5 Å². The second-order valence-electron chi connectivity index (χ2n) is 17.7. The molecular weight excluding hydrogens is 891 g/mol. The Hall–Kier alpha value is -8.82. The van der Waals surface area contributed by atoms with Gasteiger partial charge < -0.3 is 4.42 Å². The number of fused-ring (bicyclic) bond motifs is 9. The largest absolute Gasteiger partial charge is 0.454 e. The fourth-order valence-electron chi connectivity index (χ4n) is 10.9. The Labute approximate surface area is 407 Å². The zero-order valence-electron chi connectivity index (χ0n) is 37.6. The Morgan fingerprint density at radius 1 is 0.414 bits per heavy atom. The van der Waals surface area contributed by atoms with Gasteiger partial charge in [0.2, 0.25) is 5.95 Å². The van der Waals surface area contributed by atoms with E-state index in [4.69, 9.17) is 19.4 Å². The van der Waals surface area contributed by atoms with E-state index in [0.717, 1.165) is 54.9 Å². The maximum Gasteiger partial charge on any atom is 0.238 e. The van der Waals surface area contributed by atoms with Gasteiger partial charge in [0.05, 0.1) is 17.2 Å². The van der Waals surface area contributed by atoms with Crippen LogP contribution in [0.5, 0.6) is 0 Å². The SMILES string of the molecule is c1ccc([Si](c2ccccc2)(c2ccccc2)c2cccc(-c3nc(-c4cccc5oc6cnccc6c45)nc(-n4c5ccccc5c5cc(-c6cccc7c6sc6ccccc67)ccc54)n3)c2)cc1. The lowest BCUT2D eigenvalue weighted by Crippen LogP contribution is -2.74. The van der Waals surface area contributed by atoms with Crippen LogP contribution in [0.2, 0.25) is 0 Å². The summed E-state index contributed by atoms with van der Waals surface area (Å²) in [6, 6.07) is 80.8. The molecule has 0 aliphatic rings. The molecular formula is C62H39N5OSSi. The first-order valence-corrected chi connectivity index (χ1v) is 26.3. The Kier molecular flexibility index (Phi) is 9.30. The molecule has 5 aromatic heterocycles. The molecule has 0 fully saturated rings. The molecule has 5 heterocycles. The molecule has 0 spiro atoms. The Morgan fingerprint density at radius 3 is 1.83 bits per heavy atom. The van der Waals surface area contributed by atoms with Gasteiger partial charge >= 0.3 is 0 Å². The van der Waals surface area contributed by atoms with Crippen LogP contribution < -0.4 is 20.7 Å². The van der Waals surface area contributed by atoms with Crippen molar-refractivity contribution in [2.24, 2.45) is 0 Å². The fourth-order valence-corrected chi connectivity index (χ4v) is 16.9. The van der Waals surface area contributed by atoms with Crippen LogP contribution in [0.25, 0.3) is 104 Å². The monoisotopic (exact) mass is 929 g/mol. The van der Waals surface area contributed by atoms with Crippen LogP contribution in [0.1, 0.15) is 0 Å². The van der Waals surface area contributed by atoms with Crippen LogP contribution in [0.15, 0.2) is 241 Å². The van der Waals surface area contributed by atoms with Crippen LogP contribution in [-0.2, 0) is 0 Å². The number of hydrogen-bond acceptors (Lipinski definition) is 6. The quantitative estimate of drug-likeness (QED) is 0.112. The maximum atomic E-state index is 6.38. The molecule has 0 aliphatic carbocycles. The highest BCUT2D eigenvalue weighted by atomic mass is 32.1. The second-order valence-corrected chi connectivity index (χ2v) is 22.6. The first-order valence-electron chi connectivity index (χ1n) is 23.4. The number of pyridine rings is 1. The molecule has 0 radical (unpaired) electrons. The van der Waals surface area contributed by atoms with E-state index in [1.54, 1.807) is 12.4 Å². The molecule has 0 atom stereocenters. The van der Waals surface area contributed by atoms with Gasteiger partial charge in [-0.3, -0.25) is 9.55 Å². The van der Waals surface area contributed by atoms with Crippen LogP contribution in [-0.4, -0.2) is 32.6 Å². The fraction of sp³-hybridized carbons (Fsp3) is 0. The van der Waals surface area contributed by atoms with E-state index in [-0.39, 0.29) is 0 Å². The molecule has 6 nitrogen and oxygen atoms in total. The van der Waals surface area contributed by atoms with Crippen LogP contribution in [0.4, 0.5) is 0 Å². The van der Waals surface area contributed by atoms with E-state index in [2.05, 4.69) is 216 Å². The molecule has 0 aliphatic heterocycles. The first-order chi connectivity index (χ1) is 34.7. The lowest BCUT2D eigenvalue weighted by Gasteiger charge is -2.34. The number of hydrogen-bond donors (Lipinski definition) is 0. The molecule has 9 aromatic carbocycles. The van der Waals surface area contributed by atoms with E-state index in [0.29, 0.717) is 23.2 Å². The zero-order valence-corrected chi connectivity index (χ0v) is 39.4. The Balaban J connectivity index is 1.02. The standard InChI is InChI=1S/C62H39N5OSSi/c1-4-18-42(19-5-1)70(43-20-6-2-7-21-43,44-22-8-3-9-23-44)45-24-14-17-41(37-45)60-64-61(51-29-16-31-55-58(51)50-35-36-63-39-56(50)68-55)66-62(65-60)67-53-30-12-10-25-47(53)52-38-40(33-34-54(52)67)46-27-15-28-49-48-26-11-13-32-57(48)69-59(46)49/h1-39H. The lowest BCUT2D eigenvalue weighted by atomic mass is 10.0. The summed E-state index contributed by atoms with van der Waals surface area (Å²) in [4.78, 5) is 20.8. The summed E-state index contributed by atoms with van der Waals surface area (Å²) in [5.74, 6) is 1.65. The normalized spacial score (nSPS) is 12.0. The molecule has 70 heavy (non-hydrogen) atoms. The highest BCUT2D eigenvalue weighted by Crippen LogP contribution is 2.42. The molecule has 0 unspecified atom stereocenters. The third kappa shape index (κ3) is 6.24. The van der Waals surface area contributed by atoms with Crippen LogP contribution >= 0.6 is 11.3 Å². The topological polar surface area (TPSA) is 69.6 Å². The van der Waals surface area contributed by atoms with Crippen LogP contribution in [0, 0.1) is 0 Å². The van der Waals surface area contributed by atoms with E-state index in [1.807, 2.05) is 29.5 Å². The number of rotatable bonds is 8. The summed E-state index contributed by atoms with van der Waals surface area (Å²) in [7, 11) is -2.89. The smallest absolute Gasteiger partial charge is 0.238 e. The Bertz CT molecular complexity index is 4220. The molecule has 0 saturated carbocycles. The predicted octanol–water partition coefficient (Wildman–Crippen LogP) is 13.0. The number of thiophene rings is 1. The van der Waals surface area contributed by atoms with Crippen molar-refractivity contribution in [3.05, 3.63) is 237 Å². The van der Waals surface area contributed by atoms with Gasteiger partial charge in [-0.25, -0.2) is 4.98 Å². The van der Waals surface area contributed by atoms with Crippen molar-refractivity contribution in [1.82, 2.24) is 24.5 Å². The van der Waals surface area contributed by atoms with Crippen molar-refractivity contribution >= 4 is 104 Å². The summed E-state index contributed by atoms with van der Waals surface area (Å²) in [6.45, 7) is 0. The van der Waals surface area contributed by atoms with Crippen molar-refractivity contribution in [3.8, 4) is 39.9 Å². The number of para-hydroxylation sites is 1. The predicted molar refractivity (Wildman–Crippen MR) is 292 cm³/mol. The van der Waals surface area contributed by atoms with Crippen molar-refractivity contribution in [2.75, 3.05) is 0 Å². The van der Waals surface area contributed by atoms with Gasteiger partial charge in [-0.1, -0.05) is 188 Å². The molecule has 0 saturated heterocycles. The van der Waals surface area contributed by atoms with Crippen LogP contribution in [0.3, 0.4) is 0 Å². The molecule has 0 bridgehead atoms. The number of nitrogens with zero attached hydrogens (tertiary/aromatic N) is 5. The van der Waals surface area contributed by atoms with E-state index >= 15 is 0 Å². The maximum absolute atomic E-state index is 6.38. The minimum absolute atomic E-state index is 0.528. The van der Waals surface area contributed by atoms with Gasteiger partial charge in [0.25, 0.3) is 0 Å². The zero-order chi connectivity index (χ0) is 46.2. The minimum Gasteiger partial charge on any atom is -0.454 e. The van der Waals surface area contributed by atoms with E-state index < -0.39 is 8.07 Å². The van der Waals surface area contributed by atoms with Gasteiger partial charge in [0, 0.05) is 59.0 Å². The molecule has 14 rings (SSSR count). The van der Waals surface area contributed by atoms with Gasteiger partial charge in [-0.15, -0.1) is 11.3 Å². The van der Waals surface area contributed by atoms with E-state index in [9.17, 15) is 0 Å². The van der Waals surface area contributed by atoms with Crippen molar-refractivity contribution in [1.29, 1.82) is 0 Å². The highest BCUT2D eigenvalue weighted by molar-refractivity contribution is 7.26. The third-order valence-corrected chi connectivity index (χ3v) is 19.9. The summed E-state index contributed by atoms with van der Waals surface area (Å²) in [5, 5.41) is 11.8. The van der Waals surface area contributed by atoms with Crippen molar-refractivity contribution < 1.29 is 4.42 Å².